The van der Waals surface area contributed by atoms with E-state index >= 15 is 0 Å². The molecular weight excluding hydrogens is 363 g/mol. The van der Waals surface area contributed by atoms with Crippen LogP contribution in [0.15, 0.2) is 24.3 Å². The van der Waals surface area contributed by atoms with Crippen molar-refractivity contribution in [1.29, 1.82) is 0 Å². The highest BCUT2D eigenvalue weighted by atomic mass is 79.9. The Bertz CT molecular complexity index is 583. The average molecular weight is 376 g/mol. The first-order valence-electron chi connectivity index (χ1n) is 6.35. The van der Waals surface area contributed by atoms with Crippen LogP contribution in [0.3, 0.4) is 0 Å². The van der Waals surface area contributed by atoms with Crippen molar-refractivity contribution in [3.05, 3.63) is 55.2 Å². The SMILES string of the molecule is Clc1ccc(Cl)c(C(Br)c2cc3c(s2)CCCC3)c1. The van der Waals surface area contributed by atoms with Gasteiger partial charge in [-0.3, -0.25) is 0 Å². The molecule has 0 aliphatic heterocycles. The van der Waals surface area contributed by atoms with Crippen molar-refractivity contribution in [1.82, 2.24) is 0 Å². The summed E-state index contributed by atoms with van der Waals surface area (Å²) in [4.78, 5) is 3.01. The molecule has 1 aliphatic carbocycles. The van der Waals surface area contributed by atoms with Gasteiger partial charge in [-0.15, -0.1) is 11.3 Å². The third-order valence-corrected chi connectivity index (χ3v) is 6.67. The van der Waals surface area contributed by atoms with Crippen molar-refractivity contribution in [3.63, 3.8) is 0 Å². The third-order valence-electron chi connectivity index (χ3n) is 3.50. The molecule has 1 unspecified atom stereocenters. The molecule has 1 aromatic heterocycles. The zero-order valence-corrected chi connectivity index (χ0v) is 14.2. The van der Waals surface area contributed by atoms with E-state index in [4.69, 9.17) is 23.2 Å². The van der Waals surface area contributed by atoms with E-state index in [2.05, 4.69) is 22.0 Å². The molecule has 0 spiro atoms. The van der Waals surface area contributed by atoms with Crippen LogP contribution in [0.2, 0.25) is 10.0 Å². The van der Waals surface area contributed by atoms with Crippen molar-refractivity contribution in [3.8, 4) is 0 Å². The van der Waals surface area contributed by atoms with Crippen LogP contribution in [0.1, 0.15) is 38.6 Å². The maximum Gasteiger partial charge on any atom is 0.0753 e. The van der Waals surface area contributed by atoms with E-state index in [-0.39, 0.29) is 4.83 Å². The summed E-state index contributed by atoms with van der Waals surface area (Å²) < 4.78 is 0. The van der Waals surface area contributed by atoms with Gasteiger partial charge >= 0.3 is 0 Å². The van der Waals surface area contributed by atoms with E-state index in [0.717, 1.165) is 15.6 Å². The average Bonchev–Trinajstić information content (AvgIpc) is 2.84. The van der Waals surface area contributed by atoms with Gasteiger partial charge in [-0.05, 0) is 61.1 Å². The Balaban J connectivity index is 1.97. The highest BCUT2D eigenvalue weighted by molar-refractivity contribution is 9.09. The van der Waals surface area contributed by atoms with Crippen LogP contribution < -0.4 is 0 Å². The Labute approximate surface area is 135 Å². The fourth-order valence-electron chi connectivity index (χ4n) is 2.50. The predicted octanol–water partition coefficient (Wildman–Crippen LogP) is 6.42. The van der Waals surface area contributed by atoms with Crippen LogP contribution in [0.5, 0.6) is 0 Å². The summed E-state index contributed by atoms with van der Waals surface area (Å²) in [5, 5.41) is 1.49. The predicted molar refractivity (Wildman–Crippen MR) is 88.2 cm³/mol. The Morgan fingerprint density at radius 2 is 1.89 bits per heavy atom. The molecule has 1 heterocycles. The van der Waals surface area contributed by atoms with Crippen LogP contribution >= 0.6 is 50.5 Å². The van der Waals surface area contributed by atoms with Crippen LogP contribution in [-0.2, 0) is 12.8 Å². The van der Waals surface area contributed by atoms with Gasteiger partial charge in [-0.25, -0.2) is 0 Å². The lowest BCUT2D eigenvalue weighted by Gasteiger charge is -2.10. The van der Waals surface area contributed by atoms with Gasteiger partial charge in [0, 0.05) is 19.8 Å². The molecular formula is C15H13BrCl2S. The van der Waals surface area contributed by atoms with Crippen LogP contribution in [0.25, 0.3) is 0 Å². The quantitative estimate of drug-likeness (QED) is 0.531. The molecule has 0 amide bonds. The van der Waals surface area contributed by atoms with Crippen LogP contribution in [0.4, 0.5) is 0 Å². The largest absolute Gasteiger partial charge is 0.144 e. The molecule has 0 saturated carbocycles. The second kappa shape index (κ2) is 5.77. The van der Waals surface area contributed by atoms with Gasteiger partial charge in [0.15, 0.2) is 0 Å². The van der Waals surface area contributed by atoms with Crippen LogP contribution in [-0.4, -0.2) is 0 Å². The topological polar surface area (TPSA) is 0 Å². The minimum atomic E-state index is 0.134. The van der Waals surface area contributed by atoms with E-state index < -0.39 is 0 Å². The summed E-state index contributed by atoms with van der Waals surface area (Å²) in [5.74, 6) is 0. The lowest BCUT2D eigenvalue weighted by atomic mass is 9.99. The van der Waals surface area contributed by atoms with E-state index in [1.54, 1.807) is 4.88 Å². The van der Waals surface area contributed by atoms with E-state index in [9.17, 15) is 0 Å². The van der Waals surface area contributed by atoms with Gasteiger partial charge in [0.2, 0.25) is 0 Å². The second-order valence-electron chi connectivity index (χ2n) is 4.83. The molecule has 0 bridgehead atoms. The van der Waals surface area contributed by atoms with E-state index in [1.807, 2.05) is 29.5 Å². The van der Waals surface area contributed by atoms with Crippen LogP contribution in [0, 0.1) is 0 Å². The zero-order valence-electron chi connectivity index (χ0n) is 10.3. The lowest BCUT2D eigenvalue weighted by Crippen LogP contribution is -1.96. The summed E-state index contributed by atoms with van der Waals surface area (Å²) in [6, 6.07) is 7.96. The molecule has 1 aliphatic rings. The Morgan fingerprint density at radius 1 is 1.11 bits per heavy atom. The molecule has 0 nitrogen and oxygen atoms in total. The number of aryl methyl sites for hydroxylation is 2. The molecule has 4 heteroatoms. The van der Waals surface area contributed by atoms with Gasteiger partial charge in [-0.2, -0.15) is 0 Å². The maximum atomic E-state index is 6.28. The summed E-state index contributed by atoms with van der Waals surface area (Å²) in [7, 11) is 0. The van der Waals surface area contributed by atoms with Gasteiger partial charge in [0.1, 0.15) is 0 Å². The zero-order chi connectivity index (χ0) is 13.4. The number of halogens is 3. The molecule has 19 heavy (non-hydrogen) atoms. The number of alkyl halides is 1. The molecule has 100 valence electrons. The van der Waals surface area contributed by atoms with Gasteiger partial charge in [0.25, 0.3) is 0 Å². The fourth-order valence-corrected chi connectivity index (χ4v) is 5.09. The normalized spacial score (nSPS) is 16.2. The Morgan fingerprint density at radius 3 is 2.68 bits per heavy atom. The minimum Gasteiger partial charge on any atom is -0.144 e. The summed E-state index contributed by atoms with van der Waals surface area (Å²) >= 11 is 18.0. The molecule has 1 atom stereocenters. The highest BCUT2D eigenvalue weighted by Gasteiger charge is 2.20. The summed E-state index contributed by atoms with van der Waals surface area (Å²) in [5.41, 5.74) is 2.57. The monoisotopic (exact) mass is 374 g/mol. The number of rotatable bonds is 2. The van der Waals surface area contributed by atoms with Gasteiger partial charge in [0.05, 0.1) is 4.83 Å². The molecule has 3 rings (SSSR count). The fraction of sp³-hybridized carbons (Fsp3) is 0.333. The number of hydrogen-bond donors (Lipinski definition) is 0. The van der Waals surface area contributed by atoms with Crippen molar-refractivity contribution in [2.24, 2.45) is 0 Å². The number of fused-ring (bicyclic) bond motifs is 1. The Hall–Kier alpha value is -0.0200. The molecule has 0 radical (unpaired) electrons. The number of benzene rings is 1. The maximum absolute atomic E-state index is 6.28. The Kier molecular flexibility index (Phi) is 4.23. The molecule has 0 saturated heterocycles. The summed E-state index contributed by atoms with van der Waals surface area (Å²) in [6.45, 7) is 0. The van der Waals surface area contributed by atoms with E-state index in [1.165, 1.54) is 36.1 Å². The molecule has 1 aromatic carbocycles. The summed E-state index contributed by atoms with van der Waals surface area (Å²) in [6.07, 6.45) is 5.07. The van der Waals surface area contributed by atoms with Crippen molar-refractivity contribution in [2.75, 3.05) is 0 Å². The highest BCUT2D eigenvalue weighted by Crippen LogP contribution is 2.42. The number of thiophene rings is 1. The van der Waals surface area contributed by atoms with Crippen molar-refractivity contribution < 1.29 is 0 Å². The van der Waals surface area contributed by atoms with Gasteiger partial charge < -0.3 is 0 Å². The first kappa shape index (κ1) is 13.9. The van der Waals surface area contributed by atoms with Gasteiger partial charge in [-0.1, -0.05) is 39.1 Å². The first-order valence-corrected chi connectivity index (χ1v) is 8.84. The minimum absolute atomic E-state index is 0.134. The molecule has 2 aromatic rings. The molecule has 0 N–H and O–H groups in total. The molecule has 0 fully saturated rings. The first-order chi connectivity index (χ1) is 9.15. The lowest BCUT2D eigenvalue weighted by molar-refractivity contribution is 0.697. The van der Waals surface area contributed by atoms with Crippen molar-refractivity contribution >= 4 is 50.5 Å². The number of hydrogen-bond acceptors (Lipinski definition) is 1. The standard InChI is InChI=1S/C15H13BrCl2S/c16-15(11-8-10(17)5-6-12(11)18)14-7-9-3-1-2-4-13(9)19-14/h5-8,15H,1-4H2. The smallest absolute Gasteiger partial charge is 0.0753 e. The third kappa shape index (κ3) is 2.87. The van der Waals surface area contributed by atoms with E-state index in [0.29, 0.717) is 0 Å². The second-order valence-corrected chi connectivity index (χ2v) is 7.76. The van der Waals surface area contributed by atoms with Crippen molar-refractivity contribution in [2.45, 2.75) is 30.5 Å².